The Kier molecular flexibility index (Phi) is 5.89. The van der Waals surface area contributed by atoms with Gasteiger partial charge in [-0.05, 0) is 26.2 Å². The van der Waals surface area contributed by atoms with Gasteiger partial charge in [-0.2, -0.15) is 0 Å². The lowest BCUT2D eigenvalue weighted by molar-refractivity contribution is 0.653. The van der Waals surface area contributed by atoms with Crippen molar-refractivity contribution in [2.24, 2.45) is 0 Å². The van der Waals surface area contributed by atoms with Gasteiger partial charge in [0.15, 0.2) is 0 Å². The van der Waals surface area contributed by atoms with Crippen molar-refractivity contribution in [1.82, 2.24) is 9.97 Å². The van der Waals surface area contributed by atoms with Gasteiger partial charge in [0, 0.05) is 25.2 Å². The van der Waals surface area contributed by atoms with Crippen molar-refractivity contribution < 1.29 is 0 Å². The SMILES string of the molecule is CCCNc1ncnc(N(C)C(C)CC)c1CC. The van der Waals surface area contributed by atoms with Gasteiger partial charge in [0.2, 0.25) is 0 Å². The Balaban J connectivity index is 3.03. The van der Waals surface area contributed by atoms with Crippen LogP contribution >= 0.6 is 0 Å². The quantitative estimate of drug-likeness (QED) is 0.807. The van der Waals surface area contributed by atoms with Crippen LogP contribution in [0.25, 0.3) is 0 Å². The molecule has 0 spiro atoms. The molecule has 1 rings (SSSR count). The maximum absolute atomic E-state index is 4.46. The average Bonchev–Trinajstić information content (AvgIpc) is 2.42. The molecule has 4 heteroatoms. The van der Waals surface area contributed by atoms with Crippen LogP contribution in [0.15, 0.2) is 6.33 Å². The molecular weight excluding hydrogens is 224 g/mol. The number of anilines is 2. The molecule has 0 aliphatic rings. The van der Waals surface area contributed by atoms with Crippen molar-refractivity contribution in [2.75, 3.05) is 23.8 Å². The summed E-state index contributed by atoms with van der Waals surface area (Å²) in [5, 5.41) is 3.39. The number of hydrogen-bond acceptors (Lipinski definition) is 4. The molecule has 18 heavy (non-hydrogen) atoms. The maximum atomic E-state index is 4.46. The molecular formula is C14H26N4. The molecule has 1 atom stereocenters. The predicted molar refractivity (Wildman–Crippen MR) is 78.3 cm³/mol. The first kappa shape index (κ1) is 14.7. The molecule has 0 aliphatic heterocycles. The van der Waals surface area contributed by atoms with Crippen molar-refractivity contribution in [1.29, 1.82) is 0 Å². The van der Waals surface area contributed by atoms with E-state index in [4.69, 9.17) is 0 Å². The summed E-state index contributed by atoms with van der Waals surface area (Å²) in [7, 11) is 2.11. The molecule has 4 nitrogen and oxygen atoms in total. The first-order valence-electron chi connectivity index (χ1n) is 6.96. The highest BCUT2D eigenvalue weighted by molar-refractivity contribution is 5.58. The largest absolute Gasteiger partial charge is 0.370 e. The molecule has 0 saturated carbocycles. The average molecular weight is 250 g/mol. The minimum Gasteiger partial charge on any atom is -0.370 e. The van der Waals surface area contributed by atoms with Gasteiger partial charge in [-0.25, -0.2) is 9.97 Å². The summed E-state index contributed by atoms with van der Waals surface area (Å²) in [6.07, 6.45) is 4.82. The Labute approximate surface area is 111 Å². The second-order valence-corrected chi connectivity index (χ2v) is 4.67. The zero-order valence-corrected chi connectivity index (χ0v) is 12.3. The molecule has 1 unspecified atom stereocenters. The van der Waals surface area contributed by atoms with Gasteiger partial charge in [0.05, 0.1) is 0 Å². The zero-order chi connectivity index (χ0) is 13.5. The Bertz CT molecular complexity index is 365. The van der Waals surface area contributed by atoms with E-state index in [0.717, 1.165) is 37.4 Å². The minimum absolute atomic E-state index is 0.490. The van der Waals surface area contributed by atoms with Crippen LogP contribution in [0.3, 0.4) is 0 Å². The van der Waals surface area contributed by atoms with Crippen LogP contribution in [0.5, 0.6) is 0 Å². The van der Waals surface area contributed by atoms with Gasteiger partial charge in [-0.15, -0.1) is 0 Å². The summed E-state index contributed by atoms with van der Waals surface area (Å²) in [5.74, 6) is 2.04. The van der Waals surface area contributed by atoms with Gasteiger partial charge >= 0.3 is 0 Å². The van der Waals surface area contributed by atoms with E-state index < -0.39 is 0 Å². The van der Waals surface area contributed by atoms with Crippen molar-refractivity contribution >= 4 is 11.6 Å². The van der Waals surface area contributed by atoms with Crippen LogP contribution in [0.2, 0.25) is 0 Å². The Morgan fingerprint density at radius 1 is 1.28 bits per heavy atom. The van der Waals surface area contributed by atoms with Crippen LogP contribution in [0.1, 0.15) is 46.1 Å². The topological polar surface area (TPSA) is 41.1 Å². The van der Waals surface area contributed by atoms with Gasteiger partial charge in [0.1, 0.15) is 18.0 Å². The highest BCUT2D eigenvalue weighted by Crippen LogP contribution is 2.25. The Morgan fingerprint density at radius 3 is 2.56 bits per heavy atom. The van der Waals surface area contributed by atoms with Gasteiger partial charge < -0.3 is 10.2 Å². The molecule has 1 aromatic heterocycles. The van der Waals surface area contributed by atoms with E-state index in [-0.39, 0.29) is 0 Å². The molecule has 102 valence electrons. The lowest BCUT2D eigenvalue weighted by Gasteiger charge is -2.27. The fraction of sp³-hybridized carbons (Fsp3) is 0.714. The van der Waals surface area contributed by atoms with Crippen molar-refractivity contribution in [3.8, 4) is 0 Å². The monoisotopic (exact) mass is 250 g/mol. The van der Waals surface area contributed by atoms with Gasteiger partial charge in [-0.3, -0.25) is 0 Å². The maximum Gasteiger partial charge on any atom is 0.137 e. The summed E-state index contributed by atoms with van der Waals surface area (Å²) < 4.78 is 0. The molecule has 0 bridgehead atoms. The normalized spacial score (nSPS) is 12.3. The molecule has 0 aliphatic carbocycles. The van der Waals surface area contributed by atoms with E-state index >= 15 is 0 Å². The van der Waals surface area contributed by atoms with E-state index in [0.29, 0.717) is 6.04 Å². The standard InChI is InChI=1S/C14H26N4/c1-6-9-15-13-12(8-3)14(17-10-16-13)18(5)11(4)7-2/h10-11H,6-9H2,1-5H3,(H,15,16,17). The number of hydrogen-bond donors (Lipinski definition) is 1. The summed E-state index contributed by atoms with van der Waals surface area (Å²) in [6.45, 7) is 9.69. The van der Waals surface area contributed by atoms with E-state index in [2.05, 4.69) is 54.9 Å². The zero-order valence-electron chi connectivity index (χ0n) is 12.3. The summed E-state index contributed by atoms with van der Waals surface area (Å²) >= 11 is 0. The number of rotatable bonds is 7. The van der Waals surface area contributed by atoms with Crippen LogP contribution < -0.4 is 10.2 Å². The van der Waals surface area contributed by atoms with Crippen molar-refractivity contribution in [2.45, 2.75) is 53.0 Å². The molecule has 1 heterocycles. The fourth-order valence-electron chi connectivity index (χ4n) is 1.91. The molecule has 0 saturated heterocycles. The summed E-state index contributed by atoms with van der Waals surface area (Å²) in [5.41, 5.74) is 1.22. The lowest BCUT2D eigenvalue weighted by atomic mass is 10.1. The molecule has 0 amide bonds. The molecule has 0 fully saturated rings. The fourth-order valence-corrected chi connectivity index (χ4v) is 1.91. The molecule has 1 aromatic rings. The summed E-state index contributed by atoms with van der Waals surface area (Å²) in [6, 6.07) is 0.490. The highest BCUT2D eigenvalue weighted by atomic mass is 15.2. The number of aromatic nitrogens is 2. The van der Waals surface area contributed by atoms with E-state index in [9.17, 15) is 0 Å². The third kappa shape index (κ3) is 3.34. The Hall–Kier alpha value is -1.32. The molecule has 0 aromatic carbocycles. The number of nitrogens with one attached hydrogen (secondary N) is 1. The second kappa shape index (κ2) is 7.19. The van der Waals surface area contributed by atoms with Crippen LogP contribution in [-0.4, -0.2) is 29.6 Å². The first-order chi connectivity index (χ1) is 8.65. The van der Waals surface area contributed by atoms with Gasteiger partial charge in [-0.1, -0.05) is 20.8 Å². The minimum atomic E-state index is 0.490. The van der Waals surface area contributed by atoms with Crippen LogP contribution in [0, 0.1) is 0 Å². The van der Waals surface area contributed by atoms with Crippen molar-refractivity contribution in [3.05, 3.63) is 11.9 Å². The predicted octanol–water partition coefficient (Wildman–Crippen LogP) is 3.10. The second-order valence-electron chi connectivity index (χ2n) is 4.67. The van der Waals surface area contributed by atoms with Crippen LogP contribution in [0.4, 0.5) is 11.6 Å². The highest BCUT2D eigenvalue weighted by Gasteiger charge is 2.16. The van der Waals surface area contributed by atoms with Crippen LogP contribution in [-0.2, 0) is 6.42 Å². The lowest BCUT2D eigenvalue weighted by Crippen LogP contribution is -2.30. The van der Waals surface area contributed by atoms with Gasteiger partial charge in [0.25, 0.3) is 0 Å². The molecule has 1 N–H and O–H groups in total. The van der Waals surface area contributed by atoms with Crippen molar-refractivity contribution in [3.63, 3.8) is 0 Å². The smallest absolute Gasteiger partial charge is 0.137 e. The third-order valence-electron chi connectivity index (χ3n) is 3.40. The number of nitrogens with zero attached hydrogens (tertiary/aromatic N) is 3. The van der Waals surface area contributed by atoms with E-state index in [1.54, 1.807) is 6.33 Å². The Morgan fingerprint density at radius 2 is 2.00 bits per heavy atom. The summed E-state index contributed by atoms with van der Waals surface area (Å²) in [4.78, 5) is 11.1. The van der Waals surface area contributed by atoms with E-state index in [1.165, 1.54) is 5.56 Å². The van der Waals surface area contributed by atoms with E-state index in [1.807, 2.05) is 0 Å². The molecule has 0 radical (unpaired) electrons. The first-order valence-corrected chi connectivity index (χ1v) is 6.96. The third-order valence-corrected chi connectivity index (χ3v) is 3.40.